The fourth-order valence-electron chi connectivity index (χ4n) is 3.27. The van der Waals surface area contributed by atoms with E-state index in [2.05, 4.69) is 5.32 Å². The van der Waals surface area contributed by atoms with Gasteiger partial charge in [-0.25, -0.2) is 4.79 Å². The van der Waals surface area contributed by atoms with Crippen LogP contribution in [-0.2, 0) is 14.3 Å². The molecular weight excluding hydrogens is 344 g/mol. The third-order valence-electron chi connectivity index (χ3n) is 4.93. The van der Waals surface area contributed by atoms with Crippen LogP contribution in [0.5, 0.6) is 0 Å². The summed E-state index contributed by atoms with van der Waals surface area (Å²) in [6, 6.07) is 7.49. The van der Waals surface area contributed by atoms with E-state index in [1.54, 1.807) is 12.1 Å². The summed E-state index contributed by atoms with van der Waals surface area (Å²) >= 11 is 0. The van der Waals surface area contributed by atoms with Gasteiger partial charge >= 0.3 is 5.97 Å². The normalized spacial score (nSPS) is 14.4. The first kappa shape index (κ1) is 20.9. The number of rotatable bonds is 8. The zero-order chi connectivity index (χ0) is 19.6. The quantitative estimate of drug-likeness (QED) is 0.710. The number of hydrogen-bond acceptors (Lipinski definition) is 4. The highest BCUT2D eigenvalue weighted by Gasteiger charge is 2.18. The molecule has 0 aliphatic heterocycles. The Labute approximate surface area is 161 Å². The Kier molecular flexibility index (Phi) is 8.30. The molecule has 1 N–H and O–H groups in total. The van der Waals surface area contributed by atoms with E-state index in [1.165, 1.54) is 49.6 Å². The molecule has 0 unspecified atom stereocenters. The van der Waals surface area contributed by atoms with Crippen molar-refractivity contribution in [2.75, 3.05) is 26.7 Å². The van der Waals surface area contributed by atoms with Crippen molar-refractivity contribution in [1.29, 1.82) is 0 Å². The van der Waals surface area contributed by atoms with Gasteiger partial charge in [0.1, 0.15) is 0 Å². The van der Waals surface area contributed by atoms with Gasteiger partial charge in [-0.3, -0.25) is 9.59 Å². The first-order valence-corrected chi connectivity index (χ1v) is 9.79. The standard InChI is InChI=1S/C21H30N2O4/c1-3-13-22-19(24)14-23(2)20(25)15-27-21(26)18-11-9-17(10-12-18)16-7-5-4-6-8-16/h9-12,16H,3-8,13-15H2,1-2H3,(H,22,24). The fraction of sp³-hybridized carbons (Fsp3) is 0.571. The van der Waals surface area contributed by atoms with Crippen LogP contribution >= 0.6 is 0 Å². The van der Waals surface area contributed by atoms with E-state index < -0.39 is 11.9 Å². The SMILES string of the molecule is CCCNC(=O)CN(C)C(=O)COC(=O)c1ccc(C2CCCCC2)cc1. The summed E-state index contributed by atoms with van der Waals surface area (Å²) in [6.07, 6.45) is 7.08. The molecule has 1 aromatic carbocycles. The molecule has 1 saturated carbocycles. The van der Waals surface area contributed by atoms with Gasteiger partial charge in [-0.1, -0.05) is 38.3 Å². The zero-order valence-electron chi connectivity index (χ0n) is 16.3. The number of esters is 1. The van der Waals surface area contributed by atoms with E-state index in [9.17, 15) is 14.4 Å². The van der Waals surface area contributed by atoms with Crippen molar-refractivity contribution < 1.29 is 19.1 Å². The Morgan fingerprint density at radius 2 is 1.78 bits per heavy atom. The van der Waals surface area contributed by atoms with Gasteiger partial charge < -0.3 is 15.0 Å². The van der Waals surface area contributed by atoms with Gasteiger partial charge in [0.15, 0.2) is 6.61 Å². The van der Waals surface area contributed by atoms with Crippen LogP contribution in [0.4, 0.5) is 0 Å². The van der Waals surface area contributed by atoms with E-state index in [-0.39, 0.29) is 19.1 Å². The minimum Gasteiger partial charge on any atom is -0.452 e. The maximum atomic E-state index is 12.2. The molecule has 27 heavy (non-hydrogen) atoms. The first-order valence-electron chi connectivity index (χ1n) is 9.79. The highest BCUT2D eigenvalue weighted by Crippen LogP contribution is 2.32. The summed E-state index contributed by atoms with van der Waals surface area (Å²) in [7, 11) is 1.51. The lowest BCUT2D eigenvalue weighted by molar-refractivity contribution is -0.137. The lowest BCUT2D eigenvalue weighted by Crippen LogP contribution is -2.40. The lowest BCUT2D eigenvalue weighted by atomic mass is 9.84. The molecule has 0 heterocycles. The van der Waals surface area contributed by atoms with E-state index in [0.29, 0.717) is 18.0 Å². The largest absolute Gasteiger partial charge is 0.452 e. The fourth-order valence-corrected chi connectivity index (χ4v) is 3.27. The van der Waals surface area contributed by atoms with Crippen molar-refractivity contribution in [3.05, 3.63) is 35.4 Å². The minimum atomic E-state index is -0.526. The molecule has 0 aromatic heterocycles. The van der Waals surface area contributed by atoms with Crippen molar-refractivity contribution in [2.24, 2.45) is 0 Å². The maximum absolute atomic E-state index is 12.2. The maximum Gasteiger partial charge on any atom is 0.338 e. The van der Waals surface area contributed by atoms with E-state index in [0.717, 1.165) is 6.42 Å². The van der Waals surface area contributed by atoms with Crippen LogP contribution in [0.1, 0.15) is 67.3 Å². The predicted molar refractivity (Wildman–Crippen MR) is 103 cm³/mol. The molecule has 0 atom stereocenters. The van der Waals surface area contributed by atoms with Crippen LogP contribution in [0.2, 0.25) is 0 Å². The summed E-state index contributed by atoms with van der Waals surface area (Å²) in [5.41, 5.74) is 1.70. The van der Waals surface area contributed by atoms with Crippen molar-refractivity contribution in [3.63, 3.8) is 0 Å². The second kappa shape index (κ2) is 10.7. The Hall–Kier alpha value is -2.37. The summed E-state index contributed by atoms with van der Waals surface area (Å²) in [6.45, 7) is 2.11. The van der Waals surface area contributed by atoms with Gasteiger partial charge in [0.05, 0.1) is 12.1 Å². The molecule has 2 amide bonds. The third kappa shape index (κ3) is 6.70. The molecule has 0 spiro atoms. The average molecular weight is 374 g/mol. The van der Waals surface area contributed by atoms with Gasteiger partial charge in [0.25, 0.3) is 5.91 Å². The van der Waals surface area contributed by atoms with Crippen molar-refractivity contribution >= 4 is 17.8 Å². The van der Waals surface area contributed by atoms with Crippen LogP contribution in [0.25, 0.3) is 0 Å². The molecule has 6 nitrogen and oxygen atoms in total. The van der Waals surface area contributed by atoms with Gasteiger partial charge in [0.2, 0.25) is 5.91 Å². The zero-order valence-corrected chi connectivity index (χ0v) is 16.3. The third-order valence-corrected chi connectivity index (χ3v) is 4.93. The van der Waals surface area contributed by atoms with Crippen LogP contribution in [-0.4, -0.2) is 49.4 Å². The van der Waals surface area contributed by atoms with Crippen LogP contribution < -0.4 is 5.32 Å². The Morgan fingerprint density at radius 3 is 2.41 bits per heavy atom. The Bertz CT molecular complexity index is 636. The second-order valence-electron chi connectivity index (χ2n) is 7.13. The monoisotopic (exact) mass is 374 g/mol. The number of carbonyl (C=O) groups excluding carboxylic acids is 3. The molecule has 1 aromatic rings. The Balaban J connectivity index is 1.78. The second-order valence-corrected chi connectivity index (χ2v) is 7.13. The number of hydrogen-bond donors (Lipinski definition) is 1. The predicted octanol–water partition coefficient (Wildman–Crippen LogP) is 2.88. The molecule has 0 radical (unpaired) electrons. The van der Waals surface area contributed by atoms with Crippen LogP contribution in [0.15, 0.2) is 24.3 Å². The average Bonchev–Trinajstić information content (AvgIpc) is 2.70. The lowest BCUT2D eigenvalue weighted by Gasteiger charge is -2.22. The molecular formula is C21H30N2O4. The summed E-state index contributed by atoms with van der Waals surface area (Å²) in [4.78, 5) is 37.0. The van der Waals surface area contributed by atoms with Crippen LogP contribution in [0.3, 0.4) is 0 Å². The molecule has 0 saturated heterocycles. The van der Waals surface area contributed by atoms with E-state index >= 15 is 0 Å². The minimum absolute atomic E-state index is 0.0491. The van der Waals surface area contributed by atoms with Crippen LogP contribution in [0, 0.1) is 0 Å². The van der Waals surface area contributed by atoms with E-state index in [4.69, 9.17) is 4.74 Å². The highest BCUT2D eigenvalue weighted by atomic mass is 16.5. The topological polar surface area (TPSA) is 75.7 Å². The summed E-state index contributed by atoms with van der Waals surface area (Å²) in [5, 5.41) is 2.70. The van der Waals surface area contributed by atoms with Gasteiger partial charge in [-0.05, 0) is 42.9 Å². The van der Waals surface area contributed by atoms with Gasteiger partial charge in [-0.2, -0.15) is 0 Å². The number of nitrogens with zero attached hydrogens (tertiary/aromatic N) is 1. The summed E-state index contributed by atoms with van der Waals surface area (Å²) < 4.78 is 5.10. The number of nitrogens with one attached hydrogen (secondary N) is 1. The molecule has 2 rings (SSSR count). The number of likely N-dealkylation sites (N-methyl/N-ethyl adjacent to an activating group) is 1. The van der Waals surface area contributed by atoms with E-state index in [1.807, 2.05) is 19.1 Å². The van der Waals surface area contributed by atoms with Gasteiger partial charge in [-0.15, -0.1) is 0 Å². The molecule has 1 aliphatic rings. The van der Waals surface area contributed by atoms with Crippen molar-refractivity contribution in [2.45, 2.75) is 51.4 Å². The highest BCUT2D eigenvalue weighted by molar-refractivity contribution is 5.92. The molecule has 1 fully saturated rings. The first-order chi connectivity index (χ1) is 13.0. The van der Waals surface area contributed by atoms with Crippen molar-refractivity contribution in [1.82, 2.24) is 10.2 Å². The molecule has 0 bridgehead atoms. The molecule has 148 valence electrons. The molecule has 6 heteroatoms. The number of amides is 2. The molecule has 1 aliphatic carbocycles. The number of benzene rings is 1. The number of carbonyl (C=O) groups is 3. The smallest absolute Gasteiger partial charge is 0.338 e. The van der Waals surface area contributed by atoms with Crippen molar-refractivity contribution in [3.8, 4) is 0 Å². The number of ether oxygens (including phenoxy) is 1. The Morgan fingerprint density at radius 1 is 1.11 bits per heavy atom. The summed E-state index contributed by atoms with van der Waals surface area (Å²) in [5.74, 6) is -0.577. The van der Waals surface area contributed by atoms with Gasteiger partial charge in [0, 0.05) is 13.6 Å².